The Kier molecular flexibility index (Phi) is 5.33. The van der Waals surface area contributed by atoms with Gasteiger partial charge in [-0.15, -0.1) is 0 Å². The van der Waals surface area contributed by atoms with Gasteiger partial charge in [-0.3, -0.25) is 9.78 Å². The normalized spacial score (nSPS) is 19.8. The molecular formula is C25H26FN5O. The predicted molar refractivity (Wildman–Crippen MR) is 122 cm³/mol. The van der Waals surface area contributed by atoms with Crippen LogP contribution < -0.4 is 5.32 Å². The molecule has 0 aliphatic heterocycles. The van der Waals surface area contributed by atoms with Gasteiger partial charge in [0.1, 0.15) is 17.3 Å². The molecule has 6 nitrogen and oxygen atoms in total. The average Bonchev–Trinajstić information content (AvgIpc) is 3.26. The van der Waals surface area contributed by atoms with Crippen molar-refractivity contribution in [2.75, 3.05) is 7.05 Å². The number of hydrogen-bond donors (Lipinski definition) is 2. The SMILES string of the molecule is CNC(=O)c1cc2nc([C@H](C)C3CCC(c4ccnc5ccc(F)cc45)CC3)[nH]c2cn1. The summed E-state index contributed by atoms with van der Waals surface area (Å²) in [5.41, 5.74) is 4.04. The van der Waals surface area contributed by atoms with E-state index in [2.05, 4.69) is 27.2 Å². The molecule has 1 aliphatic rings. The lowest BCUT2D eigenvalue weighted by Crippen LogP contribution is -2.19. The highest BCUT2D eigenvalue weighted by Crippen LogP contribution is 2.42. The van der Waals surface area contributed by atoms with Gasteiger partial charge in [-0.25, -0.2) is 14.4 Å². The third-order valence-electron chi connectivity index (χ3n) is 6.93. The first-order valence-electron chi connectivity index (χ1n) is 11.2. The summed E-state index contributed by atoms with van der Waals surface area (Å²) in [6, 6.07) is 8.62. The first-order chi connectivity index (χ1) is 15.5. The van der Waals surface area contributed by atoms with Gasteiger partial charge in [0, 0.05) is 24.5 Å². The van der Waals surface area contributed by atoms with Crippen molar-refractivity contribution in [2.45, 2.75) is 44.4 Å². The second-order valence-corrected chi connectivity index (χ2v) is 8.75. The molecular weight excluding hydrogens is 405 g/mol. The van der Waals surface area contributed by atoms with Crippen LogP contribution in [0.2, 0.25) is 0 Å². The summed E-state index contributed by atoms with van der Waals surface area (Å²) in [5, 5.41) is 3.53. The number of pyridine rings is 2. The van der Waals surface area contributed by atoms with Crippen LogP contribution >= 0.6 is 0 Å². The van der Waals surface area contributed by atoms with Crippen LogP contribution in [0.1, 0.15) is 66.3 Å². The van der Waals surface area contributed by atoms with Crippen LogP contribution in [0.3, 0.4) is 0 Å². The molecule has 1 aliphatic carbocycles. The number of aromatic amines is 1. The van der Waals surface area contributed by atoms with Crippen LogP contribution in [0.25, 0.3) is 21.9 Å². The van der Waals surface area contributed by atoms with Gasteiger partial charge in [-0.2, -0.15) is 0 Å². The average molecular weight is 432 g/mol. The molecule has 3 heterocycles. The Morgan fingerprint density at radius 3 is 2.72 bits per heavy atom. The van der Waals surface area contributed by atoms with E-state index in [1.807, 2.05) is 12.3 Å². The van der Waals surface area contributed by atoms with Crippen molar-refractivity contribution in [1.82, 2.24) is 25.3 Å². The minimum absolute atomic E-state index is 0.215. The van der Waals surface area contributed by atoms with Crippen molar-refractivity contribution in [1.29, 1.82) is 0 Å². The van der Waals surface area contributed by atoms with Crippen LogP contribution in [-0.2, 0) is 0 Å². The van der Waals surface area contributed by atoms with Crippen molar-refractivity contribution >= 4 is 27.8 Å². The summed E-state index contributed by atoms with van der Waals surface area (Å²) < 4.78 is 13.9. The highest BCUT2D eigenvalue weighted by molar-refractivity contribution is 5.94. The van der Waals surface area contributed by atoms with Crippen LogP contribution in [0.5, 0.6) is 0 Å². The van der Waals surface area contributed by atoms with E-state index >= 15 is 0 Å². The number of aromatic nitrogens is 4. The standard InChI is InChI=1S/C25H26FN5O/c1-14(24-30-21-12-22(25(32)27-2)29-13-23(21)31-24)15-3-5-16(6-4-15)18-9-10-28-20-8-7-17(26)11-19(18)20/h7-16H,3-6H2,1-2H3,(H,27,32)(H,30,31)/t14-,15?,16?/m1/s1. The number of rotatable bonds is 4. The lowest BCUT2D eigenvalue weighted by Gasteiger charge is -2.32. The number of hydrogen-bond acceptors (Lipinski definition) is 4. The van der Waals surface area contributed by atoms with Crippen LogP contribution in [0, 0.1) is 11.7 Å². The zero-order valence-corrected chi connectivity index (χ0v) is 18.2. The molecule has 0 unspecified atom stereocenters. The maximum absolute atomic E-state index is 13.9. The number of carbonyl (C=O) groups is 1. The molecule has 0 saturated heterocycles. The Balaban J connectivity index is 1.32. The smallest absolute Gasteiger partial charge is 0.269 e. The fourth-order valence-electron chi connectivity index (χ4n) is 5.05. The van der Waals surface area contributed by atoms with E-state index in [0.717, 1.165) is 53.4 Å². The van der Waals surface area contributed by atoms with E-state index in [9.17, 15) is 9.18 Å². The van der Waals surface area contributed by atoms with Crippen molar-refractivity contribution in [2.24, 2.45) is 5.92 Å². The number of H-pyrrole nitrogens is 1. The monoisotopic (exact) mass is 431 g/mol. The van der Waals surface area contributed by atoms with Gasteiger partial charge in [0.15, 0.2) is 0 Å². The fraction of sp³-hybridized carbons (Fsp3) is 0.360. The number of carbonyl (C=O) groups excluding carboxylic acids is 1. The van der Waals surface area contributed by atoms with Crippen molar-refractivity contribution in [3.8, 4) is 0 Å². The molecule has 1 amide bonds. The van der Waals surface area contributed by atoms with Gasteiger partial charge >= 0.3 is 0 Å². The number of benzene rings is 1. The summed E-state index contributed by atoms with van der Waals surface area (Å²) in [6.45, 7) is 2.22. The fourth-order valence-corrected chi connectivity index (χ4v) is 5.05. The summed E-state index contributed by atoms with van der Waals surface area (Å²) >= 11 is 0. The second-order valence-electron chi connectivity index (χ2n) is 8.75. The lowest BCUT2D eigenvalue weighted by atomic mass is 9.73. The minimum Gasteiger partial charge on any atom is -0.354 e. The number of nitrogens with zero attached hydrogens (tertiary/aromatic N) is 3. The third-order valence-corrected chi connectivity index (χ3v) is 6.93. The highest BCUT2D eigenvalue weighted by Gasteiger charge is 2.29. The molecule has 1 fully saturated rings. The van der Waals surface area contributed by atoms with Crippen LogP contribution in [-0.4, -0.2) is 32.9 Å². The molecule has 1 atom stereocenters. The third kappa shape index (κ3) is 3.72. The summed E-state index contributed by atoms with van der Waals surface area (Å²) in [7, 11) is 1.59. The van der Waals surface area contributed by atoms with Gasteiger partial charge < -0.3 is 10.3 Å². The van der Waals surface area contributed by atoms with Gasteiger partial charge in [0.25, 0.3) is 5.91 Å². The van der Waals surface area contributed by atoms with Gasteiger partial charge in [-0.05, 0) is 73.4 Å². The molecule has 5 rings (SSSR count). The van der Waals surface area contributed by atoms with E-state index in [4.69, 9.17) is 4.98 Å². The molecule has 32 heavy (non-hydrogen) atoms. The maximum Gasteiger partial charge on any atom is 0.269 e. The van der Waals surface area contributed by atoms with Crippen molar-refractivity contribution < 1.29 is 9.18 Å². The second kappa shape index (κ2) is 8.30. The van der Waals surface area contributed by atoms with E-state index < -0.39 is 0 Å². The predicted octanol–water partition coefficient (Wildman–Crippen LogP) is 5.08. The summed E-state index contributed by atoms with van der Waals surface area (Å²) in [6.07, 6.45) is 7.81. The molecule has 1 saturated carbocycles. The Morgan fingerprint density at radius 1 is 1.12 bits per heavy atom. The van der Waals surface area contributed by atoms with Crippen LogP contribution in [0.15, 0.2) is 42.7 Å². The Labute approximate surface area is 185 Å². The molecule has 3 aromatic heterocycles. The topological polar surface area (TPSA) is 83.6 Å². The maximum atomic E-state index is 13.9. The Morgan fingerprint density at radius 2 is 1.94 bits per heavy atom. The lowest BCUT2D eigenvalue weighted by molar-refractivity contribution is 0.0958. The van der Waals surface area contributed by atoms with E-state index in [1.165, 1.54) is 11.6 Å². The highest BCUT2D eigenvalue weighted by atomic mass is 19.1. The van der Waals surface area contributed by atoms with Crippen molar-refractivity contribution in [3.05, 3.63) is 65.6 Å². The number of nitrogens with one attached hydrogen (secondary N) is 2. The van der Waals surface area contributed by atoms with E-state index in [0.29, 0.717) is 17.5 Å². The number of imidazole rings is 1. The zero-order valence-electron chi connectivity index (χ0n) is 18.2. The van der Waals surface area contributed by atoms with Crippen LogP contribution in [0.4, 0.5) is 4.39 Å². The molecule has 0 spiro atoms. The molecule has 2 N–H and O–H groups in total. The number of amides is 1. The first kappa shape index (κ1) is 20.5. The molecule has 4 aromatic rings. The zero-order chi connectivity index (χ0) is 22.2. The van der Waals surface area contributed by atoms with Crippen molar-refractivity contribution in [3.63, 3.8) is 0 Å². The number of halogens is 1. The number of fused-ring (bicyclic) bond motifs is 2. The molecule has 7 heteroatoms. The summed E-state index contributed by atoms with van der Waals surface area (Å²) in [4.78, 5) is 28.6. The van der Waals surface area contributed by atoms with Gasteiger partial charge in [-0.1, -0.05) is 6.92 Å². The van der Waals surface area contributed by atoms with Gasteiger partial charge in [0.05, 0.1) is 22.7 Å². The first-order valence-corrected chi connectivity index (χ1v) is 11.2. The molecule has 0 bridgehead atoms. The largest absolute Gasteiger partial charge is 0.354 e. The van der Waals surface area contributed by atoms with E-state index in [1.54, 1.807) is 31.4 Å². The Bertz CT molecular complexity index is 1290. The molecule has 164 valence electrons. The summed E-state index contributed by atoms with van der Waals surface area (Å²) in [5.74, 6) is 1.72. The quantitative estimate of drug-likeness (QED) is 0.472. The molecule has 1 aromatic carbocycles. The van der Waals surface area contributed by atoms with E-state index in [-0.39, 0.29) is 17.6 Å². The van der Waals surface area contributed by atoms with Gasteiger partial charge in [0.2, 0.25) is 0 Å². The minimum atomic E-state index is -0.216. The molecule has 0 radical (unpaired) electrons. The Hall–Kier alpha value is -3.35.